The molecule has 1 aromatic carbocycles. The van der Waals surface area contributed by atoms with Crippen LogP contribution >= 0.6 is 11.3 Å². The Hall–Kier alpha value is -2.93. The summed E-state index contributed by atoms with van der Waals surface area (Å²) in [5.74, 6) is -0.0388. The summed E-state index contributed by atoms with van der Waals surface area (Å²) < 4.78 is 0. The first-order valence-electron chi connectivity index (χ1n) is 9.60. The van der Waals surface area contributed by atoms with Crippen LogP contribution in [-0.2, 0) is 11.2 Å². The maximum Gasteiger partial charge on any atom is 0.271 e. The average molecular weight is 409 g/mol. The Kier molecular flexibility index (Phi) is 5.24. The Labute approximate surface area is 174 Å². The molecule has 0 aliphatic carbocycles. The normalized spacial score (nSPS) is 18.8. The molecule has 0 unspecified atom stereocenters. The third kappa shape index (κ3) is 3.82. The van der Waals surface area contributed by atoms with Crippen LogP contribution in [0, 0.1) is 5.41 Å². The second-order valence-electron chi connectivity index (χ2n) is 7.81. The quantitative estimate of drug-likeness (QED) is 0.704. The fourth-order valence-corrected chi connectivity index (χ4v) is 4.76. The lowest BCUT2D eigenvalue weighted by atomic mass is 9.79. The number of nitrogens with zero attached hydrogens (tertiary/aromatic N) is 3. The van der Waals surface area contributed by atoms with Gasteiger partial charge in [0, 0.05) is 33.4 Å². The van der Waals surface area contributed by atoms with Gasteiger partial charge in [0.05, 0.1) is 5.41 Å². The number of benzene rings is 1. The molecule has 0 spiro atoms. The van der Waals surface area contributed by atoms with Gasteiger partial charge in [-0.1, -0.05) is 24.3 Å². The van der Waals surface area contributed by atoms with E-state index in [1.807, 2.05) is 0 Å². The Morgan fingerprint density at radius 2 is 1.97 bits per heavy atom. The van der Waals surface area contributed by atoms with Gasteiger partial charge in [0.2, 0.25) is 5.91 Å². The Morgan fingerprint density at radius 3 is 2.59 bits per heavy atom. The summed E-state index contributed by atoms with van der Waals surface area (Å²) >= 11 is 1.68. The third-order valence-corrected chi connectivity index (χ3v) is 6.27. The topological polar surface area (TPSA) is 69.3 Å². The zero-order valence-corrected chi connectivity index (χ0v) is 17.4. The maximum atomic E-state index is 13.1. The number of thiophene rings is 1. The molecule has 0 saturated carbocycles. The number of carbonyl (C=O) groups is 2. The molecule has 4 rings (SSSR count). The van der Waals surface area contributed by atoms with Gasteiger partial charge in [0.15, 0.2) is 0 Å². The number of H-pyrrole nitrogens is 1. The van der Waals surface area contributed by atoms with Crippen molar-refractivity contribution in [1.29, 1.82) is 0 Å². The highest BCUT2D eigenvalue weighted by Gasteiger charge is 2.47. The van der Waals surface area contributed by atoms with E-state index in [1.54, 1.807) is 47.5 Å². The smallest absolute Gasteiger partial charge is 0.271 e. The molecule has 1 N–H and O–H groups in total. The molecule has 150 valence electrons. The van der Waals surface area contributed by atoms with Gasteiger partial charge < -0.3 is 9.80 Å². The molecule has 2 aromatic heterocycles. The monoisotopic (exact) mass is 408 g/mol. The summed E-state index contributed by atoms with van der Waals surface area (Å²) in [5.41, 5.74) is 3.33. The molecule has 1 aliphatic rings. The van der Waals surface area contributed by atoms with Crippen LogP contribution in [-0.4, -0.2) is 59.0 Å². The van der Waals surface area contributed by atoms with Crippen LogP contribution in [0.25, 0.3) is 11.1 Å². The summed E-state index contributed by atoms with van der Waals surface area (Å²) in [5, 5.41) is 10.8. The lowest BCUT2D eigenvalue weighted by Crippen LogP contribution is -2.44. The van der Waals surface area contributed by atoms with Crippen LogP contribution in [0.5, 0.6) is 0 Å². The first-order chi connectivity index (χ1) is 14.0. The van der Waals surface area contributed by atoms with Crippen LogP contribution in [0.3, 0.4) is 0 Å². The lowest BCUT2D eigenvalue weighted by molar-refractivity contribution is -0.138. The molecule has 0 radical (unpaired) electrons. The minimum atomic E-state index is -0.608. The van der Waals surface area contributed by atoms with Gasteiger partial charge in [-0.2, -0.15) is 16.4 Å². The Bertz CT molecular complexity index is 981. The van der Waals surface area contributed by atoms with Crippen molar-refractivity contribution in [2.45, 2.75) is 12.8 Å². The second kappa shape index (κ2) is 7.83. The van der Waals surface area contributed by atoms with Crippen molar-refractivity contribution < 1.29 is 9.59 Å². The molecular formula is C22H24N4O2S. The van der Waals surface area contributed by atoms with E-state index in [-0.39, 0.29) is 11.8 Å². The van der Waals surface area contributed by atoms with Gasteiger partial charge in [-0.15, -0.1) is 0 Å². The predicted octanol–water partition coefficient (Wildman–Crippen LogP) is 3.30. The Morgan fingerprint density at radius 1 is 1.17 bits per heavy atom. The number of amides is 2. The minimum absolute atomic E-state index is 0.0688. The van der Waals surface area contributed by atoms with Gasteiger partial charge in [0.25, 0.3) is 5.91 Å². The van der Waals surface area contributed by atoms with E-state index in [0.717, 1.165) is 5.56 Å². The van der Waals surface area contributed by atoms with Gasteiger partial charge in [0.1, 0.15) is 5.69 Å². The molecular weight excluding hydrogens is 384 g/mol. The number of aromatic amines is 1. The maximum absolute atomic E-state index is 13.1. The van der Waals surface area contributed by atoms with E-state index in [0.29, 0.717) is 31.6 Å². The highest BCUT2D eigenvalue weighted by molar-refractivity contribution is 7.08. The Balaban J connectivity index is 1.56. The fraction of sp³-hybridized carbons (Fsp3) is 0.318. The summed E-state index contributed by atoms with van der Waals surface area (Å²) in [6, 6.07) is 12.2. The van der Waals surface area contributed by atoms with Gasteiger partial charge in [-0.25, -0.2) is 0 Å². The number of rotatable bonds is 5. The standard InChI is InChI=1S/C22H24N4O2S/c1-25(2)21(28)22(9-11-26(15-22)20(27)19-7-10-23-24-19)13-16-3-5-17(6-4-16)18-8-12-29-14-18/h3-8,10,12,14H,9,11,13,15H2,1-2H3,(H,23,24)/t22-/m0/s1. The number of likely N-dealkylation sites (tertiary alicyclic amines) is 1. The zero-order valence-electron chi connectivity index (χ0n) is 16.6. The number of nitrogens with one attached hydrogen (secondary N) is 1. The van der Waals surface area contributed by atoms with E-state index in [9.17, 15) is 9.59 Å². The van der Waals surface area contributed by atoms with Crippen molar-refractivity contribution in [2.24, 2.45) is 5.41 Å². The van der Waals surface area contributed by atoms with Crippen molar-refractivity contribution in [3.63, 3.8) is 0 Å². The highest BCUT2D eigenvalue weighted by Crippen LogP contribution is 2.37. The molecule has 2 amide bonds. The number of aromatic nitrogens is 2. The first-order valence-corrected chi connectivity index (χ1v) is 10.5. The van der Waals surface area contributed by atoms with E-state index >= 15 is 0 Å². The molecule has 0 bridgehead atoms. The van der Waals surface area contributed by atoms with Crippen LogP contribution in [0.15, 0.2) is 53.4 Å². The van der Waals surface area contributed by atoms with Crippen molar-refractivity contribution in [2.75, 3.05) is 27.2 Å². The van der Waals surface area contributed by atoms with Crippen LogP contribution in [0.4, 0.5) is 0 Å². The number of hydrogen-bond donors (Lipinski definition) is 1. The molecule has 1 aliphatic heterocycles. The molecule has 1 fully saturated rings. The van der Waals surface area contributed by atoms with Crippen LogP contribution in [0.1, 0.15) is 22.5 Å². The van der Waals surface area contributed by atoms with E-state index in [2.05, 4.69) is 51.3 Å². The molecule has 1 atom stereocenters. The largest absolute Gasteiger partial charge is 0.348 e. The molecule has 3 aromatic rings. The van der Waals surface area contributed by atoms with Crippen molar-refractivity contribution in [3.8, 4) is 11.1 Å². The van der Waals surface area contributed by atoms with Crippen molar-refractivity contribution in [1.82, 2.24) is 20.0 Å². The first kappa shape index (κ1) is 19.4. The van der Waals surface area contributed by atoms with Crippen molar-refractivity contribution >= 4 is 23.2 Å². The van der Waals surface area contributed by atoms with Crippen LogP contribution in [0.2, 0.25) is 0 Å². The van der Waals surface area contributed by atoms with E-state index < -0.39 is 5.41 Å². The van der Waals surface area contributed by atoms with Gasteiger partial charge in [-0.3, -0.25) is 14.7 Å². The average Bonchev–Trinajstić information content (AvgIpc) is 3.49. The van der Waals surface area contributed by atoms with Crippen LogP contribution < -0.4 is 0 Å². The fourth-order valence-electron chi connectivity index (χ4n) is 4.09. The molecule has 6 nitrogen and oxygen atoms in total. The van der Waals surface area contributed by atoms with Crippen molar-refractivity contribution in [3.05, 3.63) is 64.6 Å². The molecule has 7 heteroatoms. The van der Waals surface area contributed by atoms with Gasteiger partial charge >= 0.3 is 0 Å². The summed E-state index contributed by atoms with van der Waals surface area (Å²) in [4.78, 5) is 29.3. The molecule has 3 heterocycles. The predicted molar refractivity (Wildman–Crippen MR) is 114 cm³/mol. The summed E-state index contributed by atoms with van der Waals surface area (Å²) in [7, 11) is 3.56. The van der Waals surface area contributed by atoms with E-state index in [4.69, 9.17) is 0 Å². The second-order valence-corrected chi connectivity index (χ2v) is 8.59. The van der Waals surface area contributed by atoms with E-state index in [1.165, 1.54) is 11.1 Å². The molecule has 1 saturated heterocycles. The van der Waals surface area contributed by atoms with Gasteiger partial charge in [-0.05, 0) is 52.4 Å². The summed E-state index contributed by atoms with van der Waals surface area (Å²) in [6.07, 6.45) is 2.83. The number of hydrogen-bond acceptors (Lipinski definition) is 4. The molecule has 29 heavy (non-hydrogen) atoms. The third-order valence-electron chi connectivity index (χ3n) is 5.58. The SMILES string of the molecule is CN(C)C(=O)[C@]1(Cc2ccc(-c3ccsc3)cc2)CCN(C(=O)c2ccn[nH]2)C1. The highest BCUT2D eigenvalue weighted by atomic mass is 32.1. The lowest BCUT2D eigenvalue weighted by Gasteiger charge is -2.31. The number of carbonyl (C=O) groups excluding carboxylic acids is 2. The zero-order chi connectivity index (χ0) is 20.4. The summed E-state index contributed by atoms with van der Waals surface area (Å²) in [6.45, 7) is 0.971. The minimum Gasteiger partial charge on any atom is -0.348 e.